The molecule has 0 saturated heterocycles. The van der Waals surface area contributed by atoms with Gasteiger partial charge in [0.15, 0.2) is 0 Å². The Hall–Kier alpha value is -1.62. The number of amides is 1. The first kappa shape index (κ1) is 14.8. The van der Waals surface area contributed by atoms with Gasteiger partial charge >= 0.3 is 0 Å². The number of hydrogen-bond acceptors (Lipinski definition) is 4. The van der Waals surface area contributed by atoms with Crippen molar-refractivity contribution in [2.75, 3.05) is 19.3 Å². The molecule has 0 radical (unpaired) electrons. The lowest BCUT2D eigenvalue weighted by Crippen LogP contribution is -2.39. The minimum Gasteiger partial charge on any atom is -0.393 e. The third kappa shape index (κ3) is 3.48. The fraction of sp³-hybridized carbons (Fsp3) is 0.600. The van der Waals surface area contributed by atoms with E-state index in [1.807, 2.05) is 6.07 Å². The summed E-state index contributed by atoms with van der Waals surface area (Å²) in [6.45, 7) is 2.75. The van der Waals surface area contributed by atoms with Gasteiger partial charge in [0.05, 0.1) is 6.10 Å². The molecule has 3 N–H and O–H groups in total. The van der Waals surface area contributed by atoms with Gasteiger partial charge < -0.3 is 15.7 Å². The Bertz CT molecular complexity index is 484. The molecule has 1 aromatic heterocycles. The van der Waals surface area contributed by atoms with Crippen molar-refractivity contribution >= 4 is 11.7 Å². The molecule has 5 heteroatoms. The molecule has 20 heavy (non-hydrogen) atoms. The lowest BCUT2D eigenvalue weighted by Gasteiger charge is -2.34. The van der Waals surface area contributed by atoms with Gasteiger partial charge in [0.2, 0.25) is 0 Å². The van der Waals surface area contributed by atoms with Crippen LogP contribution in [-0.2, 0) is 6.42 Å². The van der Waals surface area contributed by atoms with Crippen LogP contribution in [0.25, 0.3) is 0 Å². The van der Waals surface area contributed by atoms with E-state index in [-0.39, 0.29) is 12.0 Å². The van der Waals surface area contributed by atoms with E-state index < -0.39 is 0 Å². The third-order valence-electron chi connectivity index (χ3n) is 3.74. The number of pyridine rings is 1. The van der Waals surface area contributed by atoms with Crippen molar-refractivity contribution in [2.24, 2.45) is 5.92 Å². The van der Waals surface area contributed by atoms with Gasteiger partial charge in [-0.1, -0.05) is 13.3 Å². The second kappa shape index (κ2) is 6.22. The van der Waals surface area contributed by atoms with Gasteiger partial charge in [-0.05, 0) is 37.3 Å². The molecule has 5 nitrogen and oxygen atoms in total. The van der Waals surface area contributed by atoms with Gasteiger partial charge in [-0.25, -0.2) is 4.98 Å². The summed E-state index contributed by atoms with van der Waals surface area (Å²) in [6, 6.07) is 3.46. The molecule has 0 unspecified atom stereocenters. The maximum Gasteiger partial charge on any atom is 0.253 e. The van der Waals surface area contributed by atoms with Gasteiger partial charge in [0.25, 0.3) is 5.91 Å². The van der Waals surface area contributed by atoms with E-state index in [1.165, 1.54) is 0 Å². The van der Waals surface area contributed by atoms with Gasteiger partial charge in [-0.15, -0.1) is 0 Å². The highest BCUT2D eigenvalue weighted by atomic mass is 16.3. The van der Waals surface area contributed by atoms with Gasteiger partial charge in [0.1, 0.15) is 5.82 Å². The number of nitrogens with zero attached hydrogens (tertiary/aromatic N) is 2. The predicted molar refractivity (Wildman–Crippen MR) is 78.3 cm³/mol. The number of anilines is 1. The molecule has 1 amide bonds. The largest absolute Gasteiger partial charge is 0.393 e. The zero-order valence-corrected chi connectivity index (χ0v) is 12.2. The number of nitrogen functional groups attached to an aromatic ring is 1. The van der Waals surface area contributed by atoms with Crippen molar-refractivity contribution in [3.8, 4) is 0 Å². The van der Waals surface area contributed by atoms with E-state index in [9.17, 15) is 9.90 Å². The summed E-state index contributed by atoms with van der Waals surface area (Å²) >= 11 is 0. The smallest absolute Gasteiger partial charge is 0.253 e. The third-order valence-corrected chi connectivity index (χ3v) is 3.74. The normalized spacial score (nSPS) is 21.4. The highest BCUT2D eigenvalue weighted by Gasteiger charge is 2.29. The summed E-state index contributed by atoms with van der Waals surface area (Å²) < 4.78 is 0. The maximum atomic E-state index is 12.4. The average molecular weight is 277 g/mol. The number of nitrogens with two attached hydrogens (primary N) is 1. The Balaban J connectivity index is 2.03. The number of aliphatic hydroxyl groups is 1. The van der Waals surface area contributed by atoms with Crippen molar-refractivity contribution in [2.45, 2.75) is 38.7 Å². The standard InChI is InChI=1S/C15H23N3O2/c1-3-4-12-7-11(8-14(16)17-12)15(20)18(2)9-10-5-13(19)6-10/h7-8,10,13,19H,3-6,9H2,1-2H3,(H2,16,17). The minimum atomic E-state index is -0.184. The van der Waals surface area contributed by atoms with Crippen LogP contribution in [0.4, 0.5) is 5.82 Å². The van der Waals surface area contributed by atoms with Crippen molar-refractivity contribution in [1.29, 1.82) is 0 Å². The van der Waals surface area contributed by atoms with Crippen LogP contribution in [0.5, 0.6) is 0 Å². The van der Waals surface area contributed by atoms with E-state index in [0.717, 1.165) is 31.4 Å². The monoisotopic (exact) mass is 277 g/mol. The fourth-order valence-corrected chi connectivity index (χ4v) is 2.66. The zero-order valence-electron chi connectivity index (χ0n) is 12.2. The number of aromatic nitrogens is 1. The molecule has 110 valence electrons. The molecule has 0 spiro atoms. The molecule has 0 bridgehead atoms. The summed E-state index contributed by atoms with van der Waals surface area (Å²) in [5, 5.41) is 9.29. The van der Waals surface area contributed by atoms with Crippen LogP contribution >= 0.6 is 0 Å². The van der Waals surface area contributed by atoms with E-state index in [4.69, 9.17) is 5.73 Å². The summed E-state index contributed by atoms with van der Waals surface area (Å²) in [4.78, 5) is 18.3. The number of hydrogen-bond donors (Lipinski definition) is 2. The van der Waals surface area contributed by atoms with Crippen LogP contribution < -0.4 is 5.73 Å². The highest BCUT2D eigenvalue weighted by molar-refractivity contribution is 5.94. The van der Waals surface area contributed by atoms with Crippen LogP contribution in [0.1, 0.15) is 42.2 Å². The van der Waals surface area contributed by atoms with Crippen LogP contribution in [0.15, 0.2) is 12.1 Å². The molecule has 1 aliphatic carbocycles. The Morgan fingerprint density at radius 2 is 2.20 bits per heavy atom. The number of aliphatic hydroxyl groups excluding tert-OH is 1. The molecule has 1 aliphatic rings. The topological polar surface area (TPSA) is 79.5 Å². The minimum absolute atomic E-state index is 0.0298. The molecule has 0 atom stereocenters. The van der Waals surface area contributed by atoms with Gasteiger partial charge in [0, 0.05) is 24.8 Å². The van der Waals surface area contributed by atoms with Gasteiger partial charge in [-0.3, -0.25) is 4.79 Å². The molecule has 1 aromatic rings. The van der Waals surface area contributed by atoms with Crippen LogP contribution in [-0.4, -0.2) is 40.6 Å². The molecule has 1 heterocycles. The van der Waals surface area contributed by atoms with E-state index in [1.54, 1.807) is 18.0 Å². The summed E-state index contributed by atoms with van der Waals surface area (Å²) in [6.07, 6.45) is 3.19. The first-order valence-electron chi connectivity index (χ1n) is 7.19. The number of aryl methyl sites for hydroxylation is 1. The molecule has 1 saturated carbocycles. The lowest BCUT2D eigenvalue weighted by molar-refractivity contribution is 0.0265. The first-order valence-corrected chi connectivity index (χ1v) is 7.19. The summed E-state index contributed by atoms with van der Waals surface area (Å²) in [5.41, 5.74) is 7.23. The Morgan fingerprint density at radius 1 is 1.50 bits per heavy atom. The first-order chi connectivity index (χ1) is 9.49. The van der Waals surface area contributed by atoms with Crippen molar-refractivity contribution in [1.82, 2.24) is 9.88 Å². The molecule has 1 fully saturated rings. The lowest BCUT2D eigenvalue weighted by atomic mass is 9.82. The predicted octanol–water partition coefficient (Wildman–Crippen LogP) is 1.46. The Morgan fingerprint density at radius 3 is 2.80 bits per heavy atom. The number of carbonyl (C=O) groups excluding carboxylic acids is 1. The second-order valence-corrected chi connectivity index (χ2v) is 5.70. The SMILES string of the molecule is CCCc1cc(C(=O)N(C)CC2CC(O)C2)cc(N)n1. The summed E-state index contributed by atoms with van der Waals surface area (Å²) in [7, 11) is 1.79. The molecular formula is C15H23N3O2. The highest BCUT2D eigenvalue weighted by Crippen LogP contribution is 2.28. The second-order valence-electron chi connectivity index (χ2n) is 5.70. The van der Waals surface area contributed by atoms with Crippen molar-refractivity contribution < 1.29 is 9.90 Å². The quantitative estimate of drug-likeness (QED) is 0.854. The van der Waals surface area contributed by atoms with E-state index in [2.05, 4.69) is 11.9 Å². The molecular weight excluding hydrogens is 254 g/mol. The maximum absolute atomic E-state index is 12.4. The Kier molecular flexibility index (Phi) is 4.60. The van der Waals surface area contributed by atoms with Crippen molar-refractivity contribution in [3.05, 3.63) is 23.4 Å². The number of carbonyl (C=O) groups is 1. The molecule has 0 aromatic carbocycles. The average Bonchev–Trinajstić information content (AvgIpc) is 2.35. The number of rotatable bonds is 5. The fourth-order valence-electron chi connectivity index (χ4n) is 2.66. The molecule has 0 aliphatic heterocycles. The molecule has 2 rings (SSSR count). The van der Waals surface area contributed by atoms with Crippen LogP contribution in [0, 0.1) is 5.92 Å². The van der Waals surface area contributed by atoms with Crippen molar-refractivity contribution in [3.63, 3.8) is 0 Å². The van der Waals surface area contributed by atoms with E-state index in [0.29, 0.717) is 23.8 Å². The van der Waals surface area contributed by atoms with Crippen LogP contribution in [0.3, 0.4) is 0 Å². The van der Waals surface area contributed by atoms with Crippen LogP contribution in [0.2, 0.25) is 0 Å². The zero-order chi connectivity index (χ0) is 14.7. The Labute approximate surface area is 119 Å². The van der Waals surface area contributed by atoms with E-state index >= 15 is 0 Å². The summed E-state index contributed by atoms with van der Waals surface area (Å²) in [5.74, 6) is 0.776. The van der Waals surface area contributed by atoms with Gasteiger partial charge in [-0.2, -0.15) is 0 Å².